The summed E-state index contributed by atoms with van der Waals surface area (Å²) in [6.07, 6.45) is 1.67. The summed E-state index contributed by atoms with van der Waals surface area (Å²) in [7, 11) is 0. The highest BCUT2D eigenvalue weighted by Gasteiger charge is 2.08. The molecule has 0 unspecified atom stereocenters. The molecule has 1 aromatic heterocycles. The third-order valence-electron chi connectivity index (χ3n) is 4.56. The Kier molecular flexibility index (Phi) is 6.27. The molecule has 0 saturated carbocycles. The molecular weight excluding hydrogens is 348 g/mol. The second kappa shape index (κ2) is 9.04. The van der Waals surface area contributed by atoms with Crippen molar-refractivity contribution in [1.29, 1.82) is 0 Å². The molecule has 0 spiro atoms. The molecular formula is C23H26N4O. The lowest BCUT2D eigenvalue weighted by Crippen LogP contribution is -2.21. The maximum Gasteiger partial charge on any atom is 0.274 e. The molecule has 1 amide bonds. The molecule has 1 heterocycles. The SMILES string of the molecule is CCN(CC)c1ccc(Nc2ccc(C(=O)Nc3cccc(C)c3)nc2)cc1. The van der Waals surface area contributed by atoms with E-state index in [4.69, 9.17) is 0 Å². The fourth-order valence-corrected chi connectivity index (χ4v) is 3.03. The minimum absolute atomic E-state index is 0.222. The minimum Gasteiger partial charge on any atom is -0.372 e. The highest BCUT2D eigenvalue weighted by molar-refractivity contribution is 6.03. The van der Waals surface area contributed by atoms with E-state index >= 15 is 0 Å². The summed E-state index contributed by atoms with van der Waals surface area (Å²) in [6, 6.07) is 19.6. The maximum absolute atomic E-state index is 12.4. The van der Waals surface area contributed by atoms with E-state index in [2.05, 4.69) is 46.5 Å². The summed E-state index contributed by atoms with van der Waals surface area (Å²) >= 11 is 0. The largest absolute Gasteiger partial charge is 0.372 e. The van der Waals surface area contributed by atoms with Gasteiger partial charge in [-0.15, -0.1) is 0 Å². The van der Waals surface area contributed by atoms with Crippen molar-refractivity contribution in [1.82, 2.24) is 4.98 Å². The molecule has 2 aromatic carbocycles. The van der Waals surface area contributed by atoms with Gasteiger partial charge in [-0.1, -0.05) is 12.1 Å². The summed E-state index contributed by atoms with van der Waals surface area (Å²) in [5.74, 6) is -0.222. The summed E-state index contributed by atoms with van der Waals surface area (Å²) in [4.78, 5) is 18.9. The molecule has 144 valence electrons. The van der Waals surface area contributed by atoms with Crippen LogP contribution >= 0.6 is 0 Å². The lowest BCUT2D eigenvalue weighted by atomic mass is 10.2. The first-order valence-corrected chi connectivity index (χ1v) is 9.55. The second-order valence-corrected chi connectivity index (χ2v) is 6.60. The third-order valence-corrected chi connectivity index (χ3v) is 4.56. The molecule has 2 N–H and O–H groups in total. The van der Waals surface area contributed by atoms with Gasteiger partial charge >= 0.3 is 0 Å². The molecule has 0 bridgehead atoms. The number of pyridine rings is 1. The van der Waals surface area contributed by atoms with E-state index in [0.717, 1.165) is 35.7 Å². The molecule has 0 aliphatic rings. The summed E-state index contributed by atoms with van der Waals surface area (Å²) in [5.41, 5.74) is 5.26. The van der Waals surface area contributed by atoms with Crippen molar-refractivity contribution in [2.75, 3.05) is 28.6 Å². The zero-order chi connectivity index (χ0) is 19.9. The Morgan fingerprint density at radius 1 is 0.929 bits per heavy atom. The van der Waals surface area contributed by atoms with Crippen LogP contribution in [0.25, 0.3) is 0 Å². The first-order chi connectivity index (χ1) is 13.6. The Balaban J connectivity index is 1.63. The predicted octanol–water partition coefficient (Wildman–Crippen LogP) is 5.23. The normalized spacial score (nSPS) is 10.4. The van der Waals surface area contributed by atoms with Crippen molar-refractivity contribution in [2.24, 2.45) is 0 Å². The first kappa shape index (κ1) is 19.4. The Morgan fingerprint density at radius 2 is 1.64 bits per heavy atom. The van der Waals surface area contributed by atoms with Crippen molar-refractivity contribution in [3.05, 3.63) is 78.1 Å². The second-order valence-electron chi connectivity index (χ2n) is 6.60. The number of nitrogens with zero attached hydrogens (tertiary/aromatic N) is 2. The van der Waals surface area contributed by atoms with Gasteiger partial charge in [-0.05, 0) is 74.9 Å². The van der Waals surface area contributed by atoms with E-state index in [9.17, 15) is 4.79 Å². The standard InChI is InChI=1S/C23H26N4O/c1-4-27(5-2)21-12-9-18(10-13-21)25-20-11-14-22(24-16-20)23(28)26-19-8-6-7-17(3)15-19/h6-16,25H,4-5H2,1-3H3,(H,26,28). The van der Waals surface area contributed by atoms with Gasteiger partial charge in [0.05, 0.1) is 11.9 Å². The van der Waals surface area contributed by atoms with Crippen LogP contribution < -0.4 is 15.5 Å². The van der Waals surface area contributed by atoms with Crippen molar-refractivity contribution in [2.45, 2.75) is 20.8 Å². The van der Waals surface area contributed by atoms with Crippen molar-refractivity contribution < 1.29 is 4.79 Å². The topological polar surface area (TPSA) is 57.3 Å². The lowest BCUT2D eigenvalue weighted by molar-refractivity contribution is 0.102. The monoisotopic (exact) mass is 374 g/mol. The highest BCUT2D eigenvalue weighted by Crippen LogP contribution is 2.21. The summed E-state index contributed by atoms with van der Waals surface area (Å²) in [6.45, 7) is 8.26. The molecule has 28 heavy (non-hydrogen) atoms. The molecule has 0 radical (unpaired) electrons. The van der Waals surface area contributed by atoms with Crippen LogP contribution in [0.3, 0.4) is 0 Å². The van der Waals surface area contributed by atoms with Gasteiger partial charge in [-0.3, -0.25) is 4.79 Å². The molecule has 0 atom stereocenters. The quantitative estimate of drug-likeness (QED) is 0.594. The number of nitrogens with one attached hydrogen (secondary N) is 2. The van der Waals surface area contributed by atoms with Crippen LogP contribution in [-0.2, 0) is 0 Å². The Labute approximate surface area is 166 Å². The Morgan fingerprint density at radius 3 is 2.25 bits per heavy atom. The molecule has 0 fully saturated rings. The zero-order valence-electron chi connectivity index (χ0n) is 16.6. The van der Waals surface area contributed by atoms with Gasteiger partial charge in [0.25, 0.3) is 5.91 Å². The molecule has 5 heteroatoms. The van der Waals surface area contributed by atoms with E-state index in [1.807, 2.05) is 49.4 Å². The Bertz CT molecular complexity index is 916. The summed E-state index contributed by atoms with van der Waals surface area (Å²) in [5, 5.41) is 6.19. The van der Waals surface area contributed by atoms with Crippen LogP contribution in [-0.4, -0.2) is 24.0 Å². The van der Waals surface area contributed by atoms with Gasteiger partial charge in [0.1, 0.15) is 5.69 Å². The third kappa shape index (κ3) is 4.88. The fraction of sp³-hybridized carbons (Fsp3) is 0.217. The van der Waals surface area contributed by atoms with Crippen LogP contribution in [0.2, 0.25) is 0 Å². The van der Waals surface area contributed by atoms with E-state index in [1.165, 1.54) is 5.69 Å². The molecule has 0 aliphatic carbocycles. The number of hydrogen-bond donors (Lipinski definition) is 2. The van der Waals surface area contributed by atoms with Gasteiger partial charge < -0.3 is 15.5 Å². The van der Waals surface area contributed by atoms with Crippen LogP contribution in [0.4, 0.5) is 22.7 Å². The van der Waals surface area contributed by atoms with E-state index in [-0.39, 0.29) is 5.91 Å². The Hall–Kier alpha value is -3.34. The molecule has 3 rings (SSSR count). The first-order valence-electron chi connectivity index (χ1n) is 9.55. The highest BCUT2D eigenvalue weighted by atomic mass is 16.1. The predicted molar refractivity (Wildman–Crippen MR) is 117 cm³/mol. The number of rotatable bonds is 7. The number of carbonyl (C=O) groups is 1. The van der Waals surface area contributed by atoms with Crippen molar-refractivity contribution in [3.63, 3.8) is 0 Å². The molecule has 5 nitrogen and oxygen atoms in total. The molecule has 0 aliphatic heterocycles. The number of amides is 1. The number of anilines is 4. The average Bonchev–Trinajstić information content (AvgIpc) is 2.71. The maximum atomic E-state index is 12.4. The van der Waals surface area contributed by atoms with E-state index in [1.54, 1.807) is 12.3 Å². The number of hydrogen-bond acceptors (Lipinski definition) is 4. The number of aryl methyl sites for hydroxylation is 1. The van der Waals surface area contributed by atoms with Crippen LogP contribution in [0.5, 0.6) is 0 Å². The fourth-order valence-electron chi connectivity index (χ4n) is 3.03. The number of aromatic nitrogens is 1. The van der Waals surface area contributed by atoms with Gasteiger partial charge in [0, 0.05) is 30.2 Å². The van der Waals surface area contributed by atoms with Crippen LogP contribution in [0, 0.1) is 6.92 Å². The molecule has 3 aromatic rings. The van der Waals surface area contributed by atoms with Gasteiger partial charge in [0.15, 0.2) is 0 Å². The minimum atomic E-state index is -0.222. The average molecular weight is 374 g/mol. The van der Waals surface area contributed by atoms with Crippen LogP contribution in [0.15, 0.2) is 66.9 Å². The van der Waals surface area contributed by atoms with E-state index in [0.29, 0.717) is 5.69 Å². The van der Waals surface area contributed by atoms with E-state index < -0.39 is 0 Å². The van der Waals surface area contributed by atoms with Crippen molar-refractivity contribution >= 4 is 28.7 Å². The van der Waals surface area contributed by atoms with Crippen LogP contribution in [0.1, 0.15) is 29.9 Å². The molecule has 0 saturated heterocycles. The van der Waals surface area contributed by atoms with Crippen molar-refractivity contribution in [3.8, 4) is 0 Å². The van der Waals surface area contributed by atoms with Gasteiger partial charge in [-0.2, -0.15) is 0 Å². The summed E-state index contributed by atoms with van der Waals surface area (Å²) < 4.78 is 0. The van der Waals surface area contributed by atoms with Gasteiger partial charge in [0.2, 0.25) is 0 Å². The zero-order valence-corrected chi connectivity index (χ0v) is 16.6. The lowest BCUT2D eigenvalue weighted by Gasteiger charge is -2.21. The van der Waals surface area contributed by atoms with Gasteiger partial charge in [-0.25, -0.2) is 4.98 Å². The smallest absolute Gasteiger partial charge is 0.274 e. The number of benzene rings is 2. The number of carbonyl (C=O) groups excluding carboxylic acids is 1.